The molecule has 0 atom stereocenters. The Bertz CT molecular complexity index is 1000. The molecule has 0 fully saturated rings. The molecule has 9 nitrogen and oxygen atoms in total. The topological polar surface area (TPSA) is 124 Å². The number of nitrogens with one attached hydrogen (secondary N) is 2. The molecule has 2 amide bonds. The van der Waals surface area contributed by atoms with Gasteiger partial charge in [0, 0.05) is 23.9 Å². The maximum absolute atomic E-state index is 12.2. The van der Waals surface area contributed by atoms with Crippen molar-refractivity contribution < 1.29 is 14.3 Å². The number of nitrogens with zero attached hydrogens (tertiary/aromatic N) is 3. The Kier molecular flexibility index (Phi) is 6.35. The summed E-state index contributed by atoms with van der Waals surface area (Å²) in [6, 6.07) is 14.1. The number of methoxy groups -OCH3 is 1. The minimum atomic E-state index is -0.212. The highest BCUT2D eigenvalue weighted by Crippen LogP contribution is 2.23. The monoisotopic (exact) mass is 412 g/mol. The molecular formula is C19H20N6O3S. The van der Waals surface area contributed by atoms with Crippen molar-refractivity contribution in [1.29, 1.82) is 0 Å². The summed E-state index contributed by atoms with van der Waals surface area (Å²) in [5, 5.41) is 14.0. The van der Waals surface area contributed by atoms with Gasteiger partial charge in [0.05, 0.1) is 12.9 Å². The highest BCUT2D eigenvalue weighted by atomic mass is 32.2. The van der Waals surface area contributed by atoms with Crippen LogP contribution < -0.4 is 21.2 Å². The lowest BCUT2D eigenvalue weighted by Crippen LogP contribution is -2.16. The third-order valence-corrected chi connectivity index (χ3v) is 4.78. The van der Waals surface area contributed by atoms with Crippen molar-refractivity contribution in [1.82, 2.24) is 14.9 Å². The summed E-state index contributed by atoms with van der Waals surface area (Å²) in [7, 11) is 1.59. The van der Waals surface area contributed by atoms with Gasteiger partial charge in [-0.1, -0.05) is 11.8 Å². The van der Waals surface area contributed by atoms with Crippen LogP contribution >= 0.6 is 11.8 Å². The number of carbonyl (C=O) groups is 2. The number of benzene rings is 2. The molecule has 0 radical (unpaired) electrons. The highest BCUT2D eigenvalue weighted by Gasteiger charge is 2.14. The van der Waals surface area contributed by atoms with Crippen LogP contribution in [0.3, 0.4) is 0 Å². The Morgan fingerprint density at radius 2 is 1.66 bits per heavy atom. The molecule has 0 spiro atoms. The van der Waals surface area contributed by atoms with Gasteiger partial charge in [0.1, 0.15) is 5.75 Å². The summed E-state index contributed by atoms with van der Waals surface area (Å²) >= 11 is 1.18. The van der Waals surface area contributed by atoms with E-state index in [9.17, 15) is 9.59 Å². The van der Waals surface area contributed by atoms with Crippen LogP contribution in [0.1, 0.15) is 6.92 Å². The van der Waals surface area contributed by atoms with E-state index in [0.717, 1.165) is 11.3 Å². The largest absolute Gasteiger partial charge is 0.497 e. The standard InChI is InChI=1S/C19H20N6O3S/c1-12(26)21-14-5-7-15(8-6-14)22-17(27)11-29-19-24-23-18(25(19)20)13-3-9-16(28-2)10-4-13/h3-10H,11,20H2,1-2H3,(H,21,26)(H,22,27). The fourth-order valence-corrected chi connectivity index (χ4v) is 3.14. The minimum absolute atomic E-state index is 0.116. The number of hydrogen-bond donors (Lipinski definition) is 3. The van der Waals surface area contributed by atoms with Crippen molar-refractivity contribution in [2.24, 2.45) is 0 Å². The summed E-state index contributed by atoms with van der Waals surface area (Å²) in [6.45, 7) is 1.43. The molecule has 10 heteroatoms. The van der Waals surface area contributed by atoms with Crippen molar-refractivity contribution in [3.63, 3.8) is 0 Å². The van der Waals surface area contributed by atoms with Crippen LogP contribution in [0.2, 0.25) is 0 Å². The first-order valence-corrected chi connectivity index (χ1v) is 9.60. The summed E-state index contributed by atoms with van der Waals surface area (Å²) < 4.78 is 6.49. The first kappa shape index (κ1) is 20.2. The molecule has 4 N–H and O–H groups in total. The summed E-state index contributed by atoms with van der Waals surface area (Å²) in [6.07, 6.45) is 0. The number of rotatable bonds is 7. The third kappa shape index (κ3) is 5.26. The lowest BCUT2D eigenvalue weighted by molar-refractivity contribution is -0.114. The molecule has 0 bridgehead atoms. The number of thioether (sulfide) groups is 1. The molecule has 3 aromatic rings. The van der Waals surface area contributed by atoms with Gasteiger partial charge in [-0.25, -0.2) is 4.68 Å². The van der Waals surface area contributed by atoms with Crippen LogP contribution in [-0.2, 0) is 9.59 Å². The van der Waals surface area contributed by atoms with E-state index in [1.165, 1.54) is 23.4 Å². The number of nitrogens with two attached hydrogens (primary N) is 1. The van der Waals surface area contributed by atoms with Gasteiger partial charge in [0.15, 0.2) is 5.82 Å². The van der Waals surface area contributed by atoms with E-state index in [4.69, 9.17) is 10.6 Å². The number of aromatic nitrogens is 3. The Morgan fingerprint density at radius 1 is 1.03 bits per heavy atom. The molecule has 0 aliphatic heterocycles. The second kappa shape index (κ2) is 9.11. The van der Waals surface area contributed by atoms with Gasteiger partial charge >= 0.3 is 0 Å². The zero-order valence-electron chi connectivity index (χ0n) is 15.9. The predicted octanol–water partition coefficient (Wildman–Crippen LogP) is 2.36. The molecular weight excluding hydrogens is 392 g/mol. The molecule has 1 aromatic heterocycles. The molecule has 0 aliphatic carbocycles. The summed E-state index contributed by atoms with van der Waals surface area (Å²) in [5.41, 5.74) is 2.07. The van der Waals surface area contributed by atoms with Crippen molar-refractivity contribution >= 4 is 35.0 Å². The number of nitrogen functional groups attached to an aromatic ring is 1. The van der Waals surface area contributed by atoms with Gasteiger partial charge in [-0.05, 0) is 48.5 Å². The van der Waals surface area contributed by atoms with Crippen LogP contribution in [0, 0.1) is 0 Å². The smallest absolute Gasteiger partial charge is 0.234 e. The zero-order chi connectivity index (χ0) is 20.8. The van der Waals surface area contributed by atoms with Gasteiger partial charge in [-0.3, -0.25) is 9.59 Å². The van der Waals surface area contributed by atoms with Crippen LogP contribution in [0.5, 0.6) is 5.75 Å². The third-order valence-electron chi connectivity index (χ3n) is 3.83. The van der Waals surface area contributed by atoms with Gasteiger partial charge in [-0.15, -0.1) is 10.2 Å². The van der Waals surface area contributed by atoms with Crippen molar-refractivity contribution in [3.8, 4) is 17.1 Å². The molecule has 2 aromatic carbocycles. The molecule has 150 valence electrons. The maximum Gasteiger partial charge on any atom is 0.234 e. The van der Waals surface area contributed by atoms with Gasteiger partial charge < -0.3 is 21.2 Å². The molecule has 1 heterocycles. The fraction of sp³-hybridized carbons (Fsp3) is 0.158. The van der Waals surface area contributed by atoms with Gasteiger partial charge in [0.2, 0.25) is 17.0 Å². The molecule has 0 saturated heterocycles. The number of ether oxygens (including phenoxy) is 1. The zero-order valence-corrected chi connectivity index (χ0v) is 16.7. The van der Waals surface area contributed by atoms with Gasteiger partial charge in [-0.2, -0.15) is 0 Å². The summed E-state index contributed by atoms with van der Waals surface area (Å²) in [5.74, 6) is 7.04. The first-order valence-electron chi connectivity index (χ1n) is 8.61. The quantitative estimate of drug-likeness (QED) is 0.402. The predicted molar refractivity (Wildman–Crippen MR) is 112 cm³/mol. The molecule has 0 aliphatic rings. The Balaban J connectivity index is 1.57. The van der Waals surface area contributed by atoms with Crippen molar-refractivity contribution in [3.05, 3.63) is 48.5 Å². The molecule has 29 heavy (non-hydrogen) atoms. The number of anilines is 2. The Morgan fingerprint density at radius 3 is 2.24 bits per heavy atom. The maximum atomic E-state index is 12.2. The Hall–Kier alpha value is -3.53. The molecule has 0 unspecified atom stereocenters. The molecule has 3 rings (SSSR count). The number of amides is 2. The van der Waals surface area contributed by atoms with E-state index in [0.29, 0.717) is 22.4 Å². The van der Waals surface area contributed by atoms with E-state index >= 15 is 0 Å². The van der Waals surface area contributed by atoms with Crippen LogP contribution in [0.4, 0.5) is 11.4 Å². The number of carbonyl (C=O) groups excluding carboxylic acids is 2. The van der Waals surface area contributed by atoms with E-state index in [1.54, 1.807) is 31.4 Å². The lowest BCUT2D eigenvalue weighted by Gasteiger charge is -2.07. The average molecular weight is 412 g/mol. The minimum Gasteiger partial charge on any atom is -0.497 e. The number of hydrogen-bond acceptors (Lipinski definition) is 7. The van der Waals surface area contributed by atoms with E-state index in [-0.39, 0.29) is 17.6 Å². The van der Waals surface area contributed by atoms with Crippen LogP contribution in [-0.4, -0.2) is 39.6 Å². The highest BCUT2D eigenvalue weighted by molar-refractivity contribution is 7.99. The van der Waals surface area contributed by atoms with E-state index < -0.39 is 0 Å². The average Bonchev–Trinajstić information content (AvgIpc) is 3.08. The van der Waals surface area contributed by atoms with Crippen molar-refractivity contribution in [2.75, 3.05) is 29.3 Å². The SMILES string of the molecule is COc1ccc(-c2nnc(SCC(=O)Nc3ccc(NC(C)=O)cc3)n2N)cc1. The van der Waals surface area contributed by atoms with Crippen LogP contribution in [0.25, 0.3) is 11.4 Å². The van der Waals surface area contributed by atoms with Crippen LogP contribution in [0.15, 0.2) is 53.7 Å². The summed E-state index contributed by atoms with van der Waals surface area (Å²) in [4.78, 5) is 23.2. The lowest BCUT2D eigenvalue weighted by atomic mass is 10.2. The fourth-order valence-electron chi connectivity index (χ4n) is 2.48. The van der Waals surface area contributed by atoms with Gasteiger partial charge in [0.25, 0.3) is 0 Å². The van der Waals surface area contributed by atoms with E-state index in [1.807, 2.05) is 24.3 Å². The second-order valence-corrected chi connectivity index (χ2v) is 6.94. The normalized spacial score (nSPS) is 10.4. The second-order valence-electron chi connectivity index (χ2n) is 6.00. The van der Waals surface area contributed by atoms with E-state index in [2.05, 4.69) is 20.8 Å². The first-order chi connectivity index (χ1) is 14.0. The molecule has 0 saturated carbocycles. The Labute approximate surface area is 171 Å². The van der Waals surface area contributed by atoms with Crippen molar-refractivity contribution in [2.45, 2.75) is 12.1 Å².